The molecule has 0 bridgehead atoms. The lowest BCUT2D eigenvalue weighted by molar-refractivity contribution is 0.0528. The van der Waals surface area contributed by atoms with Crippen molar-refractivity contribution in [2.24, 2.45) is 0 Å². The Balaban J connectivity index is 2.13. The van der Waals surface area contributed by atoms with Crippen LogP contribution in [-0.4, -0.2) is 34.8 Å². The van der Waals surface area contributed by atoms with Crippen molar-refractivity contribution in [3.63, 3.8) is 0 Å². The molecule has 0 fully saturated rings. The van der Waals surface area contributed by atoms with Gasteiger partial charge in [-0.2, -0.15) is 4.39 Å². The highest BCUT2D eigenvalue weighted by molar-refractivity contribution is 5.67. The average Bonchev–Trinajstić information content (AvgIpc) is 2.26. The number of halogens is 1. The van der Waals surface area contributed by atoms with Crippen LogP contribution in [0.5, 0.6) is 0 Å². The van der Waals surface area contributed by atoms with Crippen molar-refractivity contribution in [2.75, 3.05) is 18.4 Å². The number of carbonyl (C=O) groups is 1. The summed E-state index contributed by atoms with van der Waals surface area (Å²) in [5.41, 5.74) is -0.499. The van der Waals surface area contributed by atoms with Crippen molar-refractivity contribution in [1.29, 1.82) is 0 Å². The van der Waals surface area contributed by atoms with E-state index in [0.29, 0.717) is 25.3 Å². The first kappa shape index (κ1) is 15.1. The van der Waals surface area contributed by atoms with Gasteiger partial charge in [0.15, 0.2) is 0 Å². The van der Waals surface area contributed by atoms with E-state index < -0.39 is 17.6 Å². The van der Waals surface area contributed by atoms with Gasteiger partial charge in [-0.3, -0.25) is 0 Å². The predicted molar refractivity (Wildman–Crippen MR) is 69.3 cm³/mol. The fourth-order valence-corrected chi connectivity index (χ4v) is 1.24. The summed E-state index contributed by atoms with van der Waals surface area (Å²) in [7, 11) is 0. The van der Waals surface area contributed by atoms with Gasteiger partial charge < -0.3 is 15.4 Å². The summed E-state index contributed by atoms with van der Waals surface area (Å²) in [5, 5.41) is 5.55. The minimum atomic E-state index is -0.579. The zero-order chi connectivity index (χ0) is 14.3. The van der Waals surface area contributed by atoms with Gasteiger partial charge in [0.25, 0.3) is 0 Å². The number of hydrogen-bond donors (Lipinski definition) is 2. The molecule has 1 amide bonds. The molecular weight excluding hydrogens is 251 g/mol. The van der Waals surface area contributed by atoms with Crippen LogP contribution in [0.2, 0.25) is 0 Å². The van der Waals surface area contributed by atoms with E-state index in [9.17, 15) is 9.18 Å². The second-order valence-electron chi connectivity index (χ2n) is 4.93. The summed E-state index contributed by atoms with van der Waals surface area (Å²) in [5.74, 6) is -0.158. The molecule has 106 valence electrons. The standard InChI is InChI=1S/C12H19FN4O2/c1-12(2,3)19-11(18)15-6-4-5-14-10-7-9(13)16-8-17-10/h7-8H,4-6H2,1-3H3,(H,15,18)(H,14,16,17). The summed E-state index contributed by atoms with van der Waals surface area (Å²) in [4.78, 5) is 18.5. The molecule has 0 aromatic carbocycles. The Labute approximate surface area is 111 Å². The third-order valence-electron chi connectivity index (χ3n) is 1.96. The molecule has 0 aliphatic heterocycles. The third kappa shape index (κ3) is 7.17. The normalized spacial score (nSPS) is 10.9. The maximum Gasteiger partial charge on any atom is 0.407 e. The topological polar surface area (TPSA) is 76.1 Å². The maximum absolute atomic E-state index is 12.7. The van der Waals surface area contributed by atoms with Crippen molar-refractivity contribution in [1.82, 2.24) is 15.3 Å². The van der Waals surface area contributed by atoms with E-state index in [0.717, 1.165) is 6.33 Å². The first-order valence-corrected chi connectivity index (χ1v) is 6.05. The number of nitrogens with zero attached hydrogens (tertiary/aromatic N) is 2. The van der Waals surface area contributed by atoms with Crippen LogP contribution < -0.4 is 10.6 Å². The van der Waals surface area contributed by atoms with Crippen LogP contribution in [0.15, 0.2) is 12.4 Å². The zero-order valence-electron chi connectivity index (χ0n) is 11.4. The molecule has 6 nitrogen and oxygen atoms in total. The van der Waals surface area contributed by atoms with Gasteiger partial charge in [-0.25, -0.2) is 14.8 Å². The zero-order valence-corrected chi connectivity index (χ0v) is 11.4. The Morgan fingerprint density at radius 3 is 2.74 bits per heavy atom. The summed E-state index contributed by atoms with van der Waals surface area (Å²) in [6.07, 6.45) is 1.38. The van der Waals surface area contributed by atoms with Gasteiger partial charge in [-0.15, -0.1) is 0 Å². The quantitative estimate of drug-likeness (QED) is 0.631. The molecule has 0 saturated heterocycles. The summed E-state index contributed by atoms with van der Waals surface area (Å²) in [6, 6.07) is 1.21. The van der Waals surface area contributed by atoms with E-state index in [2.05, 4.69) is 20.6 Å². The monoisotopic (exact) mass is 270 g/mol. The summed E-state index contributed by atoms with van der Waals surface area (Å²) in [6.45, 7) is 6.44. The Morgan fingerprint density at radius 1 is 1.37 bits per heavy atom. The highest BCUT2D eigenvalue weighted by Crippen LogP contribution is 2.06. The van der Waals surface area contributed by atoms with Crippen LogP contribution in [-0.2, 0) is 4.74 Å². The van der Waals surface area contributed by atoms with Gasteiger partial charge in [0.05, 0.1) is 0 Å². The maximum atomic E-state index is 12.7. The van der Waals surface area contributed by atoms with E-state index in [-0.39, 0.29) is 0 Å². The van der Waals surface area contributed by atoms with E-state index in [1.165, 1.54) is 6.07 Å². The van der Waals surface area contributed by atoms with Gasteiger partial charge in [-0.1, -0.05) is 0 Å². The number of ether oxygens (including phenoxy) is 1. The van der Waals surface area contributed by atoms with Gasteiger partial charge >= 0.3 is 6.09 Å². The Hall–Kier alpha value is -1.92. The number of anilines is 1. The van der Waals surface area contributed by atoms with E-state index in [4.69, 9.17) is 4.74 Å². The SMILES string of the molecule is CC(C)(C)OC(=O)NCCCNc1cc(F)ncn1. The Morgan fingerprint density at radius 2 is 2.11 bits per heavy atom. The van der Waals surface area contributed by atoms with Crippen LogP contribution >= 0.6 is 0 Å². The van der Waals surface area contributed by atoms with Crippen molar-refractivity contribution >= 4 is 11.9 Å². The van der Waals surface area contributed by atoms with Crippen LogP contribution in [0.3, 0.4) is 0 Å². The lowest BCUT2D eigenvalue weighted by Crippen LogP contribution is -2.33. The van der Waals surface area contributed by atoms with Crippen LogP contribution in [0.25, 0.3) is 0 Å². The molecule has 1 aromatic heterocycles. The Kier molecular flexibility index (Phi) is 5.47. The molecule has 2 N–H and O–H groups in total. The number of nitrogens with one attached hydrogen (secondary N) is 2. The van der Waals surface area contributed by atoms with E-state index >= 15 is 0 Å². The van der Waals surface area contributed by atoms with E-state index in [1.807, 2.05) is 0 Å². The molecular formula is C12H19FN4O2. The number of rotatable bonds is 5. The van der Waals surface area contributed by atoms with Crippen LogP contribution in [0, 0.1) is 5.95 Å². The van der Waals surface area contributed by atoms with Crippen molar-refractivity contribution < 1.29 is 13.9 Å². The second kappa shape index (κ2) is 6.86. The number of hydrogen-bond acceptors (Lipinski definition) is 5. The molecule has 7 heteroatoms. The van der Waals surface area contributed by atoms with Crippen molar-refractivity contribution in [2.45, 2.75) is 32.8 Å². The first-order valence-electron chi connectivity index (χ1n) is 6.05. The smallest absolute Gasteiger partial charge is 0.407 e. The minimum Gasteiger partial charge on any atom is -0.444 e. The molecule has 0 atom stereocenters. The largest absolute Gasteiger partial charge is 0.444 e. The Bertz CT molecular complexity index is 420. The van der Waals surface area contributed by atoms with Crippen LogP contribution in [0.1, 0.15) is 27.2 Å². The second-order valence-corrected chi connectivity index (χ2v) is 4.93. The highest BCUT2D eigenvalue weighted by atomic mass is 19.1. The van der Waals surface area contributed by atoms with Crippen molar-refractivity contribution in [3.05, 3.63) is 18.3 Å². The average molecular weight is 270 g/mol. The fourth-order valence-electron chi connectivity index (χ4n) is 1.24. The number of aromatic nitrogens is 2. The number of amides is 1. The molecule has 1 rings (SSSR count). The molecule has 1 heterocycles. The summed E-state index contributed by atoms with van der Waals surface area (Å²) >= 11 is 0. The van der Waals surface area contributed by atoms with Crippen molar-refractivity contribution in [3.8, 4) is 0 Å². The van der Waals surface area contributed by atoms with Gasteiger partial charge in [0.1, 0.15) is 17.7 Å². The molecule has 0 aliphatic carbocycles. The van der Waals surface area contributed by atoms with Gasteiger partial charge in [0, 0.05) is 19.2 Å². The number of alkyl carbamates (subject to hydrolysis) is 1. The fraction of sp³-hybridized carbons (Fsp3) is 0.583. The highest BCUT2D eigenvalue weighted by Gasteiger charge is 2.15. The lowest BCUT2D eigenvalue weighted by atomic mass is 10.2. The van der Waals surface area contributed by atoms with E-state index in [1.54, 1.807) is 20.8 Å². The third-order valence-corrected chi connectivity index (χ3v) is 1.96. The van der Waals surface area contributed by atoms with Gasteiger partial charge in [-0.05, 0) is 27.2 Å². The number of carbonyl (C=O) groups excluding carboxylic acids is 1. The minimum absolute atomic E-state index is 0.421. The molecule has 0 spiro atoms. The molecule has 19 heavy (non-hydrogen) atoms. The molecule has 0 unspecified atom stereocenters. The lowest BCUT2D eigenvalue weighted by Gasteiger charge is -2.19. The summed E-state index contributed by atoms with van der Waals surface area (Å²) < 4.78 is 17.8. The molecule has 0 aliphatic rings. The molecule has 0 saturated carbocycles. The first-order chi connectivity index (χ1) is 8.87. The predicted octanol–water partition coefficient (Wildman–Crippen LogP) is 1.94. The molecule has 0 radical (unpaired) electrons. The van der Waals surface area contributed by atoms with Gasteiger partial charge in [0.2, 0.25) is 5.95 Å². The van der Waals surface area contributed by atoms with Crippen LogP contribution in [0.4, 0.5) is 15.0 Å². The molecule has 1 aromatic rings.